The van der Waals surface area contributed by atoms with E-state index in [9.17, 15) is 29.6 Å². The van der Waals surface area contributed by atoms with Crippen molar-refractivity contribution in [3.05, 3.63) is 93.5 Å². The number of anilines is 1. The van der Waals surface area contributed by atoms with E-state index in [0.29, 0.717) is 17.1 Å². The number of hydrogen-bond donors (Lipinski definition) is 2. The van der Waals surface area contributed by atoms with E-state index in [1.54, 1.807) is 24.3 Å². The molecule has 10 heteroatoms. The predicted molar refractivity (Wildman–Crippen MR) is 115 cm³/mol. The Morgan fingerprint density at radius 3 is 1.84 bits per heavy atom. The topological polar surface area (TPSA) is 151 Å². The van der Waals surface area contributed by atoms with Gasteiger partial charge in [-0.2, -0.15) is 10.2 Å². The summed E-state index contributed by atoms with van der Waals surface area (Å²) in [5.74, 6) is -2.18. The number of nitrogens with zero attached hydrogens (tertiary/aromatic N) is 3. The molecule has 0 aliphatic heterocycles. The van der Waals surface area contributed by atoms with Crippen molar-refractivity contribution in [2.75, 3.05) is 5.32 Å². The van der Waals surface area contributed by atoms with Crippen LogP contribution in [0.25, 0.3) is 0 Å². The summed E-state index contributed by atoms with van der Waals surface area (Å²) in [7, 11) is 0. The van der Waals surface area contributed by atoms with Gasteiger partial charge in [0.25, 0.3) is 11.6 Å². The molecular formula is C22H16N4O6. The third-order valence-electron chi connectivity index (χ3n) is 4.32. The van der Waals surface area contributed by atoms with Gasteiger partial charge < -0.3 is 10.4 Å². The van der Waals surface area contributed by atoms with Crippen LogP contribution in [0.4, 0.5) is 22.7 Å². The van der Waals surface area contributed by atoms with E-state index >= 15 is 0 Å². The van der Waals surface area contributed by atoms with Crippen molar-refractivity contribution >= 4 is 40.4 Å². The van der Waals surface area contributed by atoms with Crippen LogP contribution in [0, 0.1) is 10.1 Å². The number of non-ortho nitro benzene ring substituents is 1. The van der Waals surface area contributed by atoms with E-state index in [1.807, 2.05) is 0 Å². The van der Waals surface area contributed by atoms with Crippen LogP contribution in [0.1, 0.15) is 38.0 Å². The average Bonchev–Trinajstić information content (AvgIpc) is 2.78. The number of carboxylic acids is 1. The second-order valence-electron chi connectivity index (χ2n) is 6.63. The van der Waals surface area contributed by atoms with Gasteiger partial charge in [-0.1, -0.05) is 0 Å². The van der Waals surface area contributed by atoms with Crippen molar-refractivity contribution in [2.45, 2.75) is 6.92 Å². The van der Waals surface area contributed by atoms with Gasteiger partial charge in [-0.3, -0.25) is 19.7 Å². The Balaban J connectivity index is 1.71. The van der Waals surface area contributed by atoms with Gasteiger partial charge in [-0.05, 0) is 61.5 Å². The highest BCUT2D eigenvalue weighted by molar-refractivity contribution is 6.08. The zero-order chi connectivity index (χ0) is 23.3. The third kappa shape index (κ3) is 5.45. The van der Waals surface area contributed by atoms with Gasteiger partial charge in [0.15, 0.2) is 5.78 Å². The summed E-state index contributed by atoms with van der Waals surface area (Å²) < 4.78 is 0. The summed E-state index contributed by atoms with van der Waals surface area (Å²) in [6.07, 6.45) is 0. The van der Waals surface area contributed by atoms with E-state index in [1.165, 1.54) is 49.4 Å². The maximum absolute atomic E-state index is 12.5. The summed E-state index contributed by atoms with van der Waals surface area (Å²) in [4.78, 5) is 45.6. The lowest BCUT2D eigenvalue weighted by molar-refractivity contribution is -0.384. The second-order valence-corrected chi connectivity index (χ2v) is 6.63. The number of aromatic carboxylic acids is 1. The second kappa shape index (κ2) is 9.39. The summed E-state index contributed by atoms with van der Waals surface area (Å²) >= 11 is 0. The summed E-state index contributed by atoms with van der Waals surface area (Å²) in [6, 6.07) is 15.7. The molecule has 0 aliphatic rings. The Kier molecular flexibility index (Phi) is 6.44. The molecule has 160 valence electrons. The largest absolute Gasteiger partial charge is 0.478 e. The number of azo groups is 1. The number of hydrogen-bond acceptors (Lipinski definition) is 7. The molecule has 0 saturated carbocycles. The van der Waals surface area contributed by atoms with Gasteiger partial charge in [0, 0.05) is 28.9 Å². The molecular weight excluding hydrogens is 416 g/mol. The summed E-state index contributed by atoms with van der Waals surface area (Å²) in [5.41, 5.74) is 1.29. The van der Waals surface area contributed by atoms with Gasteiger partial charge in [0.2, 0.25) is 0 Å². The normalized spacial score (nSPS) is 10.7. The van der Waals surface area contributed by atoms with Crippen LogP contribution in [0.2, 0.25) is 0 Å². The Bertz CT molecular complexity index is 1200. The molecule has 3 rings (SSSR count). The van der Waals surface area contributed by atoms with Gasteiger partial charge >= 0.3 is 5.97 Å². The number of nitro benzene ring substituents is 1. The maximum atomic E-state index is 12.5. The van der Waals surface area contributed by atoms with Crippen LogP contribution in [-0.4, -0.2) is 27.7 Å². The van der Waals surface area contributed by atoms with Crippen molar-refractivity contribution in [3.63, 3.8) is 0 Å². The van der Waals surface area contributed by atoms with Crippen LogP contribution in [0.3, 0.4) is 0 Å². The summed E-state index contributed by atoms with van der Waals surface area (Å²) in [5, 5.41) is 30.5. The number of rotatable bonds is 7. The van der Waals surface area contributed by atoms with E-state index in [0.717, 1.165) is 0 Å². The van der Waals surface area contributed by atoms with E-state index in [-0.39, 0.29) is 28.2 Å². The van der Waals surface area contributed by atoms with Crippen molar-refractivity contribution in [3.8, 4) is 0 Å². The molecule has 0 aliphatic carbocycles. The maximum Gasteiger partial charge on any atom is 0.335 e. The molecule has 0 bridgehead atoms. The summed E-state index contributed by atoms with van der Waals surface area (Å²) in [6.45, 7) is 1.28. The first kappa shape index (κ1) is 22.0. The molecule has 2 N–H and O–H groups in total. The number of Topliss-reactive ketones (excluding diaryl/α,β-unsaturated/α-hetero) is 1. The SMILES string of the molecule is CC(=O)c1cc(C(=O)O)cc(C(=O)Nc2ccc(N=Nc3ccc([N+](=O)[O-])cc3)cc2)c1. The first-order valence-corrected chi connectivity index (χ1v) is 9.20. The molecule has 0 unspecified atom stereocenters. The Morgan fingerprint density at radius 1 is 0.844 bits per heavy atom. The fourth-order valence-electron chi connectivity index (χ4n) is 2.66. The first-order valence-electron chi connectivity index (χ1n) is 9.20. The number of nitrogens with one attached hydrogen (secondary N) is 1. The smallest absolute Gasteiger partial charge is 0.335 e. The minimum atomic E-state index is -1.25. The predicted octanol–water partition coefficient (Wildman–Crippen LogP) is 5.16. The van der Waals surface area contributed by atoms with E-state index < -0.39 is 16.8 Å². The Labute approximate surface area is 181 Å². The number of carbonyl (C=O) groups excluding carboxylic acids is 2. The molecule has 0 aromatic heterocycles. The van der Waals surface area contributed by atoms with Gasteiger partial charge in [-0.15, -0.1) is 0 Å². The fraction of sp³-hybridized carbons (Fsp3) is 0.0455. The van der Waals surface area contributed by atoms with Crippen molar-refractivity contribution in [2.24, 2.45) is 10.2 Å². The molecule has 0 atom stereocenters. The lowest BCUT2D eigenvalue weighted by atomic mass is 10.0. The minimum absolute atomic E-state index is 0.0389. The van der Waals surface area contributed by atoms with Crippen LogP contribution in [0.15, 0.2) is 77.0 Å². The quantitative estimate of drug-likeness (QED) is 0.228. The monoisotopic (exact) mass is 432 g/mol. The molecule has 3 aromatic carbocycles. The molecule has 0 spiro atoms. The zero-order valence-corrected chi connectivity index (χ0v) is 16.7. The first-order chi connectivity index (χ1) is 15.2. The minimum Gasteiger partial charge on any atom is -0.478 e. The molecule has 1 amide bonds. The van der Waals surface area contributed by atoms with Crippen LogP contribution < -0.4 is 5.32 Å². The standard InChI is InChI=1S/C22H16N4O6/c1-13(27)14-10-15(12-16(11-14)22(29)30)21(28)23-17-2-4-18(5-3-17)24-25-19-6-8-20(9-7-19)26(31)32/h2-12H,1H3,(H,23,28)(H,29,30). The number of benzene rings is 3. The van der Waals surface area contributed by atoms with Crippen LogP contribution in [-0.2, 0) is 0 Å². The Morgan fingerprint density at radius 2 is 1.34 bits per heavy atom. The fourth-order valence-corrected chi connectivity index (χ4v) is 2.66. The van der Waals surface area contributed by atoms with Crippen LogP contribution >= 0.6 is 0 Å². The lowest BCUT2D eigenvalue weighted by Gasteiger charge is -2.08. The number of ketones is 1. The number of carbonyl (C=O) groups is 3. The van der Waals surface area contributed by atoms with E-state index in [4.69, 9.17) is 0 Å². The van der Waals surface area contributed by atoms with Crippen LogP contribution in [0.5, 0.6) is 0 Å². The highest BCUT2D eigenvalue weighted by Crippen LogP contribution is 2.23. The van der Waals surface area contributed by atoms with Crippen molar-refractivity contribution in [1.82, 2.24) is 0 Å². The Hall–Kier alpha value is -4.73. The molecule has 0 saturated heterocycles. The molecule has 3 aromatic rings. The number of carboxylic acid groups (broad SMARTS) is 1. The van der Waals surface area contributed by atoms with Gasteiger partial charge in [0.05, 0.1) is 21.9 Å². The molecule has 0 radical (unpaired) electrons. The van der Waals surface area contributed by atoms with Crippen molar-refractivity contribution in [1.29, 1.82) is 0 Å². The van der Waals surface area contributed by atoms with Crippen molar-refractivity contribution < 1.29 is 24.4 Å². The molecule has 0 fully saturated rings. The molecule has 10 nitrogen and oxygen atoms in total. The highest BCUT2D eigenvalue weighted by atomic mass is 16.6. The average molecular weight is 432 g/mol. The molecule has 32 heavy (non-hydrogen) atoms. The highest BCUT2D eigenvalue weighted by Gasteiger charge is 2.14. The number of amides is 1. The van der Waals surface area contributed by atoms with Gasteiger partial charge in [0.1, 0.15) is 0 Å². The lowest BCUT2D eigenvalue weighted by Crippen LogP contribution is -2.14. The van der Waals surface area contributed by atoms with E-state index in [2.05, 4.69) is 15.5 Å². The third-order valence-corrected chi connectivity index (χ3v) is 4.32. The molecule has 0 heterocycles. The number of nitro groups is 1. The zero-order valence-electron chi connectivity index (χ0n) is 16.7. The van der Waals surface area contributed by atoms with Gasteiger partial charge in [-0.25, -0.2) is 4.79 Å².